The third-order valence-corrected chi connectivity index (χ3v) is 14.5. The lowest BCUT2D eigenvalue weighted by Gasteiger charge is -2.39. The molecule has 1 aliphatic heterocycles. The lowest BCUT2D eigenvalue weighted by molar-refractivity contribution is -0.137. The maximum Gasteiger partial charge on any atom is 0.416 e. The highest BCUT2D eigenvalue weighted by atomic mass is 28.3. The lowest BCUT2D eigenvalue weighted by Crippen LogP contribution is -2.56. The number of aromatic amines is 1. The zero-order valence-electron chi connectivity index (χ0n) is 22.2. The van der Waals surface area contributed by atoms with Crippen molar-refractivity contribution < 1.29 is 17.6 Å². The molecule has 0 atom stereocenters. The molecule has 1 N–H and O–H groups in total. The fourth-order valence-corrected chi connectivity index (χ4v) is 12.2. The molecule has 10 heteroatoms. The van der Waals surface area contributed by atoms with Crippen LogP contribution in [0.3, 0.4) is 0 Å². The van der Waals surface area contributed by atoms with Crippen LogP contribution >= 0.6 is 0 Å². The van der Waals surface area contributed by atoms with E-state index in [4.69, 9.17) is 9.40 Å². The van der Waals surface area contributed by atoms with E-state index in [1.54, 1.807) is 0 Å². The lowest BCUT2D eigenvalue weighted by atomic mass is 10.1. The maximum atomic E-state index is 12.9. The van der Waals surface area contributed by atoms with E-state index in [2.05, 4.69) is 56.4 Å². The Morgan fingerprint density at radius 3 is 2.24 bits per heavy atom. The molecule has 3 heterocycles. The molecule has 0 saturated heterocycles. The van der Waals surface area contributed by atoms with Crippen molar-refractivity contribution in [1.29, 1.82) is 0 Å². The van der Waals surface area contributed by atoms with Gasteiger partial charge in [-0.25, -0.2) is 9.97 Å². The van der Waals surface area contributed by atoms with Crippen molar-refractivity contribution in [1.82, 2.24) is 19.9 Å². The molecule has 0 amide bonds. The van der Waals surface area contributed by atoms with Crippen LogP contribution < -0.4 is 11.1 Å². The number of aromatic nitrogens is 3. The molecule has 2 aromatic heterocycles. The minimum atomic E-state index is -4.41. The van der Waals surface area contributed by atoms with Gasteiger partial charge in [0.15, 0.2) is 13.6 Å². The van der Waals surface area contributed by atoms with E-state index in [9.17, 15) is 18.0 Å². The molecule has 0 saturated carbocycles. The van der Waals surface area contributed by atoms with Crippen molar-refractivity contribution in [2.45, 2.75) is 83.9 Å². The van der Waals surface area contributed by atoms with Crippen LogP contribution in [0.15, 0.2) is 39.7 Å². The van der Waals surface area contributed by atoms with Gasteiger partial charge in [0.25, 0.3) is 5.56 Å². The van der Waals surface area contributed by atoms with Crippen LogP contribution in [0.4, 0.5) is 13.2 Å². The van der Waals surface area contributed by atoms with Gasteiger partial charge in [-0.05, 0) is 28.8 Å². The molecule has 0 bridgehead atoms. The van der Waals surface area contributed by atoms with Gasteiger partial charge in [-0.1, -0.05) is 53.7 Å². The molecule has 37 heavy (non-hydrogen) atoms. The molecule has 0 fully saturated rings. The number of benzene rings is 1. The fourth-order valence-electron chi connectivity index (χ4n) is 6.11. The number of alkyl halides is 3. The van der Waals surface area contributed by atoms with Crippen LogP contribution in [-0.2, 0) is 25.7 Å². The molecule has 0 radical (unpaired) electrons. The number of rotatable bonds is 7. The number of fused-ring (bicyclic) bond motifs is 1. The largest absolute Gasteiger partial charge is 0.449 e. The van der Waals surface area contributed by atoms with Crippen LogP contribution in [0.25, 0.3) is 11.4 Å². The molecule has 0 spiro atoms. The van der Waals surface area contributed by atoms with Gasteiger partial charge in [0, 0.05) is 25.1 Å². The standard InChI is InChI=1S/C27H35F3N4O2Si/c1-16(2)37(17(3)4,18(5)6)26-31-13-21(36-26)14-34-12-11-23-22(15-34)25(35)33-24(32-23)19-7-9-20(10-8-19)27(28,29)30/h7-10,13,16-18H,11-12,14-15H2,1-6H3,(H,32,33,35). The van der Waals surface area contributed by atoms with E-state index in [-0.39, 0.29) is 11.4 Å². The van der Waals surface area contributed by atoms with Crippen molar-refractivity contribution >= 4 is 13.6 Å². The number of halogens is 3. The number of oxazole rings is 1. The van der Waals surface area contributed by atoms with Crippen molar-refractivity contribution in [2.75, 3.05) is 6.54 Å². The number of hydrogen-bond donors (Lipinski definition) is 1. The number of hydrogen-bond acceptors (Lipinski definition) is 5. The summed E-state index contributed by atoms with van der Waals surface area (Å²) >= 11 is 0. The van der Waals surface area contributed by atoms with Crippen LogP contribution in [0, 0.1) is 0 Å². The second kappa shape index (κ2) is 10.2. The Hall–Kier alpha value is -2.72. The van der Waals surface area contributed by atoms with Gasteiger partial charge in [0.05, 0.1) is 29.6 Å². The van der Waals surface area contributed by atoms with E-state index < -0.39 is 19.8 Å². The summed E-state index contributed by atoms with van der Waals surface area (Å²) in [7, 11) is -1.99. The fraction of sp³-hybridized carbons (Fsp3) is 0.519. The zero-order chi connectivity index (χ0) is 27.1. The summed E-state index contributed by atoms with van der Waals surface area (Å²) in [6.45, 7) is 15.3. The highest BCUT2D eigenvalue weighted by molar-refractivity contribution is 6.93. The molecular weight excluding hydrogens is 497 g/mol. The average molecular weight is 533 g/mol. The van der Waals surface area contributed by atoms with E-state index in [0.717, 1.165) is 23.4 Å². The quantitative estimate of drug-likeness (QED) is 0.384. The minimum absolute atomic E-state index is 0.270. The highest BCUT2D eigenvalue weighted by Gasteiger charge is 2.49. The first kappa shape index (κ1) is 27.3. The molecular formula is C27H35F3N4O2Si. The summed E-state index contributed by atoms with van der Waals surface area (Å²) in [5, 5.41) is 0. The molecule has 4 rings (SSSR count). The molecule has 0 unspecified atom stereocenters. The van der Waals surface area contributed by atoms with Gasteiger partial charge in [-0.2, -0.15) is 13.2 Å². The third kappa shape index (κ3) is 5.18. The number of nitrogens with one attached hydrogen (secondary N) is 1. The Morgan fingerprint density at radius 1 is 1.05 bits per heavy atom. The van der Waals surface area contributed by atoms with Gasteiger partial charge < -0.3 is 9.40 Å². The van der Waals surface area contributed by atoms with Crippen LogP contribution in [-0.4, -0.2) is 34.5 Å². The Balaban J connectivity index is 1.53. The van der Waals surface area contributed by atoms with E-state index >= 15 is 0 Å². The topological polar surface area (TPSA) is 75.0 Å². The molecule has 200 valence electrons. The molecule has 6 nitrogen and oxygen atoms in total. The SMILES string of the molecule is CC(C)[Si](c1ncc(CN2CCc3nc(-c4ccc(C(F)(F)F)cc4)[nH]c(=O)c3C2)o1)(C(C)C)C(C)C. The summed E-state index contributed by atoms with van der Waals surface area (Å²) in [5.41, 5.74) is 3.07. The van der Waals surface area contributed by atoms with E-state index in [1.807, 2.05) is 6.20 Å². The molecule has 0 aliphatic carbocycles. The van der Waals surface area contributed by atoms with Gasteiger partial charge in [0.2, 0.25) is 0 Å². The highest BCUT2D eigenvalue weighted by Crippen LogP contribution is 2.41. The second-order valence-electron chi connectivity index (χ2n) is 10.9. The molecule has 3 aromatic rings. The number of nitrogens with zero attached hydrogens (tertiary/aromatic N) is 3. The Labute approximate surface area is 216 Å². The summed E-state index contributed by atoms with van der Waals surface area (Å²) in [4.78, 5) is 27.1. The van der Waals surface area contributed by atoms with Crippen LogP contribution in [0.2, 0.25) is 16.6 Å². The van der Waals surface area contributed by atoms with Crippen LogP contribution in [0.1, 0.15) is 64.1 Å². The van der Waals surface area contributed by atoms with Crippen molar-refractivity contribution in [3.8, 4) is 11.4 Å². The predicted octanol–water partition coefficient (Wildman–Crippen LogP) is 5.89. The Kier molecular flexibility index (Phi) is 7.54. The number of H-pyrrole nitrogens is 1. The zero-order valence-corrected chi connectivity index (χ0v) is 23.2. The minimum Gasteiger partial charge on any atom is -0.449 e. The van der Waals surface area contributed by atoms with E-state index in [0.29, 0.717) is 59.5 Å². The maximum absolute atomic E-state index is 12.9. The van der Waals surface area contributed by atoms with Gasteiger partial charge in [-0.3, -0.25) is 9.69 Å². The average Bonchev–Trinajstić information content (AvgIpc) is 3.26. The Morgan fingerprint density at radius 2 is 1.68 bits per heavy atom. The monoisotopic (exact) mass is 532 g/mol. The first-order valence-corrected chi connectivity index (χ1v) is 15.0. The smallest absolute Gasteiger partial charge is 0.416 e. The summed E-state index contributed by atoms with van der Waals surface area (Å²) < 4.78 is 45.0. The normalized spacial score (nSPS) is 15.1. The summed E-state index contributed by atoms with van der Waals surface area (Å²) in [6.07, 6.45) is -2.02. The van der Waals surface area contributed by atoms with Crippen molar-refractivity contribution in [3.05, 3.63) is 63.4 Å². The van der Waals surface area contributed by atoms with Crippen molar-refractivity contribution in [2.24, 2.45) is 0 Å². The Bertz CT molecular complexity index is 1270. The summed E-state index contributed by atoms with van der Waals surface area (Å²) in [5.74, 6) is 1.08. The van der Waals surface area contributed by atoms with Crippen molar-refractivity contribution in [3.63, 3.8) is 0 Å². The van der Waals surface area contributed by atoms with E-state index in [1.165, 1.54) is 12.1 Å². The predicted molar refractivity (Wildman–Crippen MR) is 140 cm³/mol. The van der Waals surface area contributed by atoms with Gasteiger partial charge in [-0.15, -0.1) is 0 Å². The van der Waals surface area contributed by atoms with Gasteiger partial charge >= 0.3 is 6.18 Å². The first-order chi connectivity index (χ1) is 17.3. The molecule has 1 aliphatic rings. The first-order valence-electron chi connectivity index (χ1n) is 12.8. The summed E-state index contributed by atoms with van der Waals surface area (Å²) in [6, 6.07) is 4.66. The van der Waals surface area contributed by atoms with Crippen LogP contribution in [0.5, 0.6) is 0 Å². The third-order valence-electron chi connectivity index (χ3n) is 7.80. The molecule has 1 aromatic carbocycles. The second-order valence-corrected chi connectivity index (χ2v) is 16.7. The van der Waals surface area contributed by atoms with Gasteiger partial charge in [0.1, 0.15) is 11.6 Å².